The number of esters is 1. The molecule has 1 saturated carbocycles. The van der Waals surface area contributed by atoms with E-state index in [-0.39, 0.29) is 12.5 Å². The van der Waals surface area contributed by atoms with Gasteiger partial charge in [-0.05, 0) is 57.0 Å². The molecule has 3 rings (SSSR count). The maximum atomic E-state index is 12.3. The Labute approximate surface area is 153 Å². The lowest BCUT2D eigenvalue weighted by Crippen LogP contribution is -2.21. The zero-order valence-electron chi connectivity index (χ0n) is 15.7. The van der Waals surface area contributed by atoms with Gasteiger partial charge in [-0.2, -0.15) is 0 Å². The second-order valence-electron chi connectivity index (χ2n) is 6.95. The first-order valence-corrected chi connectivity index (χ1v) is 8.79. The van der Waals surface area contributed by atoms with Crippen LogP contribution in [0.3, 0.4) is 0 Å². The minimum absolute atomic E-state index is 0.304. The molecule has 1 aromatic heterocycles. The number of nitrogens with one attached hydrogen (secondary N) is 1. The highest BCUT2D eigenvalue weighted by Gasteiger charge is 2.28. The van der Waals surface area contributed by atoms with E-state index in [1.54, 1.807) is 0 Å². The van der Waals surface area contributed by atoms with E-state index in [9.17, 15) is 9.59 Å². The number of hydrogen-bond donors (Lipinski definition) is 1. The van der Waals surface area contributed by atoms with Gasteiger partial charge in [-0.3, -0.25) is 4.79 Å². The Morgan fingerprint density at radius 1 is 1.19 bits per heavy atom. The Morgan fingerprint density at radius 2 is 1.85 bits per heavy atom. The third-order valence-electron chi connectivity index (χ3n) is 4.62. The molecule has 0 spiro atoms. The van der Waals surface area contributed by atoms with Crippen LogP contribution < -0.4 is 10.2 Å². The summed E-state index contributed by atoms with van der Waals surface area (Å²) >= 11 is 0. The summed E-state index contributed by atoms with van der Waals surface area (Å²) in [6.45, 7) is 3.61. The lowest BCUT2D eigenvalue weighted by Gasteiger charge is -2.13. The summed E-state index contributed by atoms with van der Waals surface area (Å²) in [5.74, 6) is -0.810. The summed E-state index contributed by atoms with van der Waals surface area (Å²) in [6, 6.07) is 9.80. The standard InChI is InChI=1S/C20H25N3O3/c1-13-11-18(14(2)23(13)17-9-10-17)20(25)26-12-19(24)21-15-5-7-16(8-6-15)22(3)4/h5-8,11,17H,9-10,12H2,1-4H3,(H,21,24). The zero-order chi connectivity index (χ0) is 18.8. The number of carbonyl (C=O) groups is 2. The molecule has 1 fully saturated rings. The molecule has 0 unspecified atom stereocenters. The van der Waals surface area contributed by atoms with Gasteiger partial charge in [0.1, 0.15) is 0 Å². The number of carbonyl (C=O) groups excluding carboxylic acids is 2. The lowest BCUT2D eigenvalue weighted by atomic mass is 10.2. The van der Waals surface area contributed by atoms with Crippen LogP contribution in [0.15, 0.2) is 30.3 Å². The quantitative estimate of drug-likeness (QED) is 0.808. The number of nitrogens with zero attached hydrogens (tertiary/aromatic N) is 2. The Hall–Kier alpha value is -2.76. The molecule has 2 aromatic rings. The van der Waals surface area contributed by atoms with Gasteiger partial charge < -0.3 is 19.5 Å². The smallest absolute Gasteiger partial charge is 0.340 e. The molecule has 1 aromatic carbocycles. The number of rotatable bonds is 6. The van der Waals surface area contributed by atoms with Crippen molar-refractivity contribution in [3.8, 4) is 0 Å². The molecule has 0 saturated heterocycles. The fourth-order valence-corrected chi connectivity index (χ4v) is 3.13. The van der Waals surface area contributed by atoms with Gasteiger partial charge in [-0.15, -0.1) is 0 Å². The van der Waals surface area contributed by atoms with Gasteiger partial charge in [0, 0.05) is 42.9 Å². The van der Waals surface area contributed by atoms with E-state index < -0.39 is 5.97 Å². The maximum Gasteiger partial charge on any atom is 0.340 e. The van der Waals surface area contributed by atoms with Gasteiger partial charge in [0.05, 0.1) is 5.56 Å². The highest BCUT2D eigenvalue weighted by molar-refractivity contribution is 5.96. The first kappa shape index (κ1) is 18.0. The average Bonchev–Trinajstić information content (AvgIpc) is 3.38. The van der Waals surface area contributed by atoms with E-state index in [2.05, 4.69) is 9.88 Å². The van der Waals surface area contributed by atoms with Crippen LogP contribution in [0.5, 0.6) is 0 Å². The summed E-state index contributed by atoms with van der Waals surface area (Å²) in [6.07, 6.45) is 2.31. The fraction of sp³-hybridized carbons (Fsp3) is 0.400. The molecular formula is C20H25N3O3. The first-order chi connectivity index (χ1) is 12.4. The van der Waals surface area contributed by atoms with Crippen LogP contribution in [0, 0.1) is 13.8 Å². The Balaban J connectivity index is 1.56. The van der Waals surface area contributed by atoms with E-state index in [1.807, 2.05) is 63.2 Å². The number of amides is 1. The van der Waals surface area contributed by atoms with Gasteiger partial charge in [-0.1, -0.05) is 0 Å². The Morgan fingerprint density at radius 3 is 2.42 bits per heavy atom. The van der Waals surface area contributed by atoms with Crippen LogP contribution in [-0.4, -0.2) is 37.1 Å². The topological polar surface area (TPSA) is 63.6 Å². The highest BCUT2D eigenvalue weighted by Crippen LogP contribution is 2.38. The van der Waals surface area contributed by atoms with Crippen molar-refractivity contribution in [2.45, 2.75) is 32.7 Å². The van der Waals surface area contributed by atoms with Crippen molar-refractivity contribution in [2.24, 2.45) is 0 Å². The van der Waals surface area contributed by atoms with Crippen molar-refractivity contribution in [1.82, 2.24) is 4.57 Å². The second-order valence-corrected chi connectivity index (χ2v) is 6.95. The van der Waals surface area contributed by atoms with Crippen LogP contribution in [0.4, 0.5) is 11.4 Å². The Kier molecular flexibility index (Phi) is 5.02. The van der Waals surface area contributed by atoms with E-state index in [1.165, 1.54) is 0 Å². The molecule has 0 radical (unpaired) electrons. The third kappa shape index (κ3) is 3.90. The highest BCUT2D eigenvalue weighted by atomic mass is 16.5. The number of anilines is 2. The van der Waals surface area contributed by atoms with Gasteiger partial charge in [0.25, 0.3) is 5.91 Å². The van der Waals surface area contributed by atoms with E-state index in [0.717, 1.165) is 29.9 Å². The number of hydrogen-bond acceptors (Lipinski definition) is 4. The molecule has 1 heterocycles. The lowest BCUT2D eigenvalue weighted by molar-refractivity contribution is -0.119. The first-order valence-electron chi connectivity index (χ1n) is 8.79. The molecule has 6 nitrogen and oxygen atoms in total. The molecular weight excluding hydrogens is 330 g/mol. The molecule has 1 amide bonds. The zero-order valence-corrected chi connectivity index (χ0v) is 15.7. The van der Waals surface area contributed by atoms with E-state index in [0.29, 0.717) is 17.3 Å². The summed E-state index contributed by atoms with van der Waals surface area (Å²) in [4.78, 5) is 26.3. The van der Waals surface area contributed by atoms with Gasteiger partial charge >= 0.3 is 5.97 Å². The van der Waals surface area contributed by atoms with Crippen LogP contribution in [0.25, 0.3) is 0 Å². The van der Waals surface area contributed by atoms with Crippen molar-refractivity contribution in [3.05, 3.63) is 47.3 Å². The minimum atomic E-state index is -0.455. The monoisotopic (exact) mass is 355 g/mol. The number of benzene rings is 1. The maximum absolute atomic E-state index is 12.3. The molecule has 6 heteroatoms. The molecule has 1 aliphatic carbocycles. The van der Waals surface area contributed by atoms with Crippen molar-refractivity contribution in [3.63, 3.8) is 0 Å². The molecule has 0 atom stereocenters. The van der Waals surface area contributed by atoms with Crippen LogP contribution in [0.1, 0.15) is 40.6 Å². The van der Waals surface area contributed by atoms with Gasteiger partial charge in [0.15, 0.2) is 6.61 Å². The van der Waals surface area contributed by atoms with Crippen LogP contribution >= 0.6 is 0 Å². The minimum Gasteiger partial charge on any atom is -0.452 e. The van der Waals surface area contributed by atoms with E-state index in [4.69, 9.17) is 4.74 Å². The molecule has 0 aliphatic heterocycles. The average molecular weight is 355 g/mol. The summed E-state index contributed by atoms with van der Waals surface area (Å²) in [5, 5.41) is 2.73. The van der Waals surface area contributed by atoms with Crippen LogP contribution in [0.2, 0.25) is 0 Å². The third-order valence-corrected chi connectivity index (χ3v) is 4.62. The molecule has 138 valence electrons. The van der Waals surface area contributed by atoms with Crippen LogP contribution in [-0.2, 0) is 9.53 Å². The summed E-state index contributed by atoms with van der Waals surface area (Å²) < 4.78 is 7.38. The summed E-state index contributed by atoms with van der Waals surface area (Å²) in [7, 11) is 3.90. The number of aromatic nitrogens is 1. The van der Waals surface area contributed by atoms with Crippen molar-refractivity contribution in [1.29, 1.82) is 0 Å². The normalized spacial score (nSPS) is 13.4. The predicted molar refractivity (Wildman–Crippen MR) is 102 cm³/mol. The van der Waals surface area contributed by atoms with E-state index >= 15 is 0 Å². The van der Waals surface area contributed by atoms with Gasteiger partial charge in [0.2, 0.25) is 0 Å². The predicted octanol–water partition coefficient (Wildman–Crippen LogP) is 3.30. The second kappa shape index (κ2) is 7.23. The molecule has 26 heavy (non-hydrogen) atoms. The number of ether oxygens (including phenoxy) is 1. The largest absolute Gasteiger partial charge is 0.452 e. The molecule has 0 bridgehead atoms. The fourth-order valence-electron chi connectivity index (χ4n) is 3.13. The van der Waals surface area contributed by atoms with Crippen molar-refractivity contribution < 1.29 is 14.3 Å². The SMILES string of the molecule is Cc1cc(C(=O)OCC(=O)Nc2ccc(N(C)C)cc2)c(C)n1C1CC1. The van der Waals surface area contributed by atoms with Crippen molar-refractivity contribution >= 4 is 23.3 Å². The summed E-state index contributed by atoms with van der Waals surface area (Å²) in [5.41, 5.74) is 4.22. The van der Waals surface area contributed by atoms with Gasteiger partial charge in [-0.25, -0.2) is 4.79 Å². The Bertz CT molecular complexity index is 818. The van der Waals surface area contributed by atoms with Crippen molar-refractivity contribution in [2.75, 3.05) is 30.9 Å². The molecule has 1 aliphatic rings. The number of aryl methyl sites for hydroxylation is 1. The molecule has 1 N–H and O–H groups in total.